The topological polar surface area (TPSA) is 64.7 Å². The van der Waals surface area contributed by atoms with Gasteiger partial charge in [0.1, 0.15) is 12.4 Å². The van der Waals surface area contributed by atoms with Crippen molar-refractivity contribution in [1.82, 2.24) is 24.6 Å². The van der Waals surface area contributed by atoms with E-state index in [2.05, 4.69) is 15.4 Å². The zero-order valence-electron chi connectivity index (χ0n) is 11.7. The Hall–Kier alpha value is -1.76. The molecule has 1 amide bonds. The second-order valence-electron chi connectivity index (χ2n) is 4.48. The lowest BCUT2D eigenvalue weighted by Crippen LogP contribution is -2.32. The van der Waals surface area contributed by atoms with E-state index in [0.717, 1.165) is 12.2 Å². The van der Waals surface area contributed by atoms with Crippen molar-refractivity contribution in [1.29, 1.82) is 0 Å². The third kappa shape index (κ3) is 3.86. The molecule has 0 saturated heterocycles. The van der Waals surface area contributed by atoms with Gasteiger partial charge in [0, 0.05) is 19.4 Å². The first-order chi connectivity index (χ1) is 9.70. The van der Waals surface area contributed by atoms with E-state index in [1.54, 1.807) is 29.8 Å². The van der Waals surface area contributed by atoms with Crippen LogP contribution in [-0.4, -0.2) is 37.2 Å². The molecule has 0 bridgehead atoms. The largest absolute Gasteiger partial charge is 0.347 e. The van der Waals surface area contributed by atoms with Crippen LogP contribution in [0, 0.1) is 0 Å². The highest BCUT2D eigenvalue weighted by atomic mass is 32.2. The van der Waals surface area contributed by atoms with Crippen molar-refractivity contribution < 1.29 is 4.79 Å². The van der Waals surface area contributed by atoms with Gasteiger partial charge in [-0.15, -0.1) is 0 Å². The molecule has 2 heterocycles. The van der Waals surface area contributed by atoms with Crippen molar-refractivity contribution >= 4 is 17.7 Å². The number of rotatable bonds is 7. The van der Waals surface area contributed by atoms with Gasteiger partial charge < -0.3 is 9.88 Å². The molecule has 6 nitrogen and oxygen atoms in total. The van der Waals surface area contributed by atoms with Crippen LogP contribution in [0.15, 0.2) is 30.9 Å². The predicted octanol–water partition coefficient (Wildman–Crippen LogP) is 1.23. The number of aryl methyl sites for hydroxylation is 1. The SMILES string of the molecule is CSCC[C@@H](C(=O)NCc1ncn(C)n1)n1cccc1. The smallest absolute Gasteiger partial charge is 0.243 e. The fraction of sp³-hybridized carbons (Fsp3) is 0.462. The summed E-state index contributed by atoms with van der Waals surface area (Å²) in [4.78, 5) is 16.4. The highest BCUT2D eigenvalue weighted by molar-refractivity contribution is 7.98. The lowest BCUT2D eigenvalue weighted by atomic mass is 10.2. The number of amides is 1. The van der Waals surface area contributed by atoms with E-state index in [1.807, 2.05) is 35.3 Å². The molecule has 0 saturated carbocycles. The summed E-state index contributed by atoms with van der Waals surface area (Å²) in [6, 6.07) is 3.68. The third-order valence-corrected chi connectivity index (χ3v) is 3.60. The number of nitrogens with zero attached hydrogens (tertiary/aromatic N) is 4. The van der Waals surface area contributed by atoms with Crippen LogP contribution in [0.25, 0.3) is 0 Å². The van der Waals surface area contributed by atoms with Crippen LogP contribution in [0.1, 0.15) is 18.3 Å². The summed E-state index contributed by atoms with van der Waals surface area (Å²) in [5.41, 5.74) is 0. The first kappa shape index (κ1) is 14.6. The highest BCUT2D eigenvalue weighted by Crippen LogP contribution is 2.15. The quantitative estimate of drug-likeness (QED) is 0.834. The maximum atomic E-state index is 12.3. The average molecular weight is 293 g/mol. The monoisotopic (exact) mass is 293 g/mol. The number of aromatic nitrogens is 4. The van der Waals surface area contributed by atoms with Crippen LogP contribution < -0.4 is 5.32 Å². The fourth-order valence-electron chi connectivity index (χ4n) is 1.95. The van der Waals surface area contributed by atoms with Crippen molar-refractivity contribution in [3.8, 4) is 0 Å². The summed E-state index contributed by atoms with van der Waals surface area (Å²) in [5, 5.41) is 7.05. The van der Waals surface area contributed by atoms with Gasteiger partial charge in [0.05, 0.1) is 6.54 Å². The molecule has 1 N–H and O–H groups in total. The minimum absolute atomic E-state index is 0.00250. The summed E-state index contributed by atoms with van der Waals surface area (Å²) < 4.78 is 3.57. The molecule has 108 valence electrons. The number of hydrogen-bond donors (Lipinski definition) is 1. The molecule has 20 heavy (non-hydrogen) atoms. The van der Waals surface area contributed by atoms with Crippen molar-refractivity contribution in [2.45, 2.75) is 19.0 Å². The first-order valence-corrected chi connectivity index (χ1v) is 7.83. The van der Waals surface area contributed by atoms with Crippen molar-refractivity contribution in [3.63, 3.8) is 0 Å². The van der Waals surface area contributed by atoms with Crippen LogP contribution in [0.5, 0.6) is 0 Å². The summed E-state index contributed by atoms with van der Waals surface area (Å²) in [6.07, 6.45) is 8.31. The summed E-state index contributed by atoms with van der Waals surface area (Å²) in [6.45, 7) is 0.358. The normalized spacial score (nSPS) is 12.3. The van der Waals surface area contributed by atoms with Crippen LogP contribution >= 0.6 is 11.8 Å². The maximum Gasteiger partial charge on any atom is 0.243 e. The fourth-order valence-corrected chi connectivity index (χ4v) is 2.41. The zero-order chi connectivity index (χ0) is 14.4. The molecule has 2 aromatic rings. The van der Waals surface area contributed by atoms with Gasteiger partial charge in [0.25, 0.3) is 0 Å². The average Bonchev–Trinajstić information content (AvgIpc) is 3.08. The van der Waals surface area contributed by atoms with Gasteiger partial charge in [-0.2, -0.15) is 16.9 Å². The lowest BCUT2D eigenvalue weighted by Gasteiger charge is -2.17. The molecule has 0 spiro atoms. The number of carbonyl (C=O) groups excluding carboxylic acids is 1. The number of hydrogen-bond acceptors (Lipinski definition) is 4. The van der Waals surface area contributed by atoms with E-state index < -0.39 is 0 Å². The molecule has 1 atom stereocenters. The Morgan fingerprint density at radius 1 is 1.45 bits per heavy atom. The van der Waals surface area contributed by atoms with Crippen LogP contribution in [-0.2, 0) is 18.4 Å². The van der Waals surface area contributed by atoms with E-state index in [9.17, 15) is 4.79 Å². The summed E-state index contributed by atoms with van der Waals surface area (Å²) >= 11 is 1.74. The molecule has 0 unspecified atom stereocenters. The Morgan fingerprint density at radius 3 is 2.80 bits per heavy atom. The number of thioether (sulfide) groups is 1. The molecular weight excluding hydrogens is 274 g/mol. The number of nitrogens with one attached hydrogen (secondary N) is 1. The van der Waals surface area contributed by atoms with E-state index in [0.29, 0.717) is 12.4 Å². The van der Waals surface area contributed by atoms with Crippen LogP contribution in [0.4, 0.5) is 0 Å². The molecule has 0 aromatic carbocycles. The van der Waals surface area contributed by atoms with Gasteiger partial charge in [0.15, 0.2) is 5.82 Å². The lowest BCUT2D eigenvalue weighted by molar-refractivity contribution is -0.124. The molecule has 2 rings (SSSR count). The number of carbonyl (C=O) groups is 1. The van der Waals surface area contributed by atoms with Crippen molar-refractivity contribution in [2.24, 2.45) is 7.05 Å². The Morgan fingerprint density at radius 2 is 2.20 bits per heavy atom. The summed E-state index contributed by atoms with van der Waals surface area (Å²) in [5.74, 6) is 1.57. The second-order valence-corrected chi connectivity index (χ2v) is 5.47. The van der Waals surface area contributed by atoms with E-state index in [-0.39, 0.29) is 11.9 Å². The maximum absolute atomic E-state index is 12.3. The third-order valence-electron chi connectivity index (χ3n) is 2.95. The predicted molar refractivity (Wildman–Crippen MR) is 79.3 cm³/mol. The molecular formula is C13H19N5OS. The Bertz CT molecular complexity index is 537. The van der Waals surface area contributed by atoms with Gasteiger partial charge in [-0.3, -0.25) is 9.48 Å². The molecule has 7 heteroatoms. The Kier molecular flexibility index (Phi) is 5.23. The minimum Gasteiger partial charge on any atom is -0.347 e. The Labute approximate surface area is 122 Å². The van der Waals surface area contributed by atoms with Gasteiger partial charge in [-0.25, -0.2) is 4.98 Å². The van der Waals surface area contributed by atoms with Gasteiger partial charge in [-0.05, 0) is 30.6 Å². The summed E-state index contributed by atoms with van der Waals surface area (Å²) in [7, 11) is 1.80. The molecule has 2 aromatic heterocycles. The molecule has 0 aliphatic rings. The first-order valence-electron chi connectivity index (χ1n) is 6.44. The minimum atomic E-state index is -0.179. The van der Waals surface area contributed by atoms with Crippen LogP contribution in [0.2, 0.25) is 0 Å². The van der Waals surface area contributed by atoms with Crippen molar-refractivity contribution in [2.75, 3.05) is 12.0 Å². The Balaban J connectivity index is 1.95. The van der Waals surface area contributed by atoms with E-state index in [4.69, 9.17) is 0 Å². The molecule has 0 fully saturated rings. The van der Waals surface area contributed by atoms with E-state index in [1.165, 1.54) is 0 Å². The zero-order valence-corrected chi connectivity index (χ0v) is 12.5. The van der Waals surface area contributed by atoms with E-state index >= 15 is 0 Å². The van der Waals surface area contributed by atoms with Gasteiger partial charge in [-0.1, -0.05) is 0 Å². The van der Waals surface area contributed by atoms with Crippen LogP contribution in [0.3, 0.4) is 0 Å². The molecule has 0 aliphatic carbocycles. The molecule has 0 aliphatic heterocycles. The van der Waals surface area contributed by atoms with Gasteiger partial charge in [0.2, 0.25) is 5.91 Å². The van der Waals surface area contributed by atoms with Crippen molar-refractivity contribution in [3.05, 3.63) is 36.7 Å². The van der Waals surface area contributed by atoms with Gasteiger partial charge >= 0.3 is 0 Å². The highest BCUT2D eigenvalue weighted by Gasteiger charge is 2.19. The molecule has 0 radical (unpaired) electrons. The second kappa shape index (κ2) is 7.14. The standard InChI is InChI=1S/C13H19N5OS/c1-17-10-15-12(16-17)9-14-13(19)11(5-8-20-2)18-6-3-4-7-18/h3-4,6-7,10-11H,5,8-9H2,1-2H3,(H,14,19)/t11-/m0/s1.